The van der Waals surface area contributed by atoms with E-state index in [2.05, 4.69) is 4.98 Å². The van der Waals surface area contributed by atoms with Gasteiger partial charge in [0.1, 0.15) is 0 Å². The predicted octanol–water partition coefficient (Wildman–Crippen LogP) is 5.15. The van der Waals surface area contributed by atoms with Crippen LogP contribution in [0.25, 0.3) is 34.1 Å². The summed E-state index contributed by atoms with van der Waals surface area (Å²) in [6.45, 7) is 0. The summed E-state index contributed by atoms with van der Waals surface area (Å²) in [6.07, 6.45) is 3.39. The second-order valence-electron chi connectivity index (χ2n) is 7.35. The highest BCUT2D eigenvalue weighted by atomic mass is 35.5. The molecule has 0 aliphatic carbocycles. The lowest BCUT2D eigenvalue weighted by atomic mass is 10.1. The van der Waals surface area contributed by atoms with E-state index in [1.54, 1.807) is 83.9 Å². The van der Waals surface area contributed by atoms with Crippen molar-refractivity contribution in [1.29, 1.82) is 0 Å². The van der Waals surface area contributed by atoms with E-state index >= 15 is 0 Å². The Balaban J connectivity index is 2.10. The van der Waals surface area contributed by atoms with Gasteiger partial charge >= 0.3 is 0 Å². The molecular formula is C24H19ClN4O3. The molecular weight excluding hydrogens is 428 g/mol. The largest absolute Gasteiger partial charge is 0.383 e. The van der Waals surface area contributed by atoms with E-state index in [9.17, 15) is 14.9 Å². The van der Waals surface area contributed by atoms with E-state index in [0.717, 1.165) is 0 Å². The highest BCUT2D eigenvalue weighted by molar-refractivity contribution is 6.30. The molecule has 8 heteroatoms. The van der Waals surface area contributed by atoms with Crippen LogP contribution in [0.1, 0.15) is 5.56 Å². The maximum atomic E-state index is 13.5. The van der Waals surface area contributed by atoms with Gasteiger partial charge in [-0.3, -0.25) is 19.5 Å². The number of hydrogen-bond acceptors (Lipinski definition) is 5. The number of aromatic nitrogens is 2. The second kappa shape index (κ2) is 8.64. The zero-order valence-electron chi connectivity index (χ0n) is 17.4. The number of para-hydroxylation sites is 2. The standard InChI is InChI=1S/C24H19ClN4O3/c1-27(2)15-14-16-6-5-8-20(22(16)29(31)32)23-26-21-9-4-3-7-19(21)24(30)28(23)18-12-10-17(25)11-13-18/h3-15H,1-2H3/b15-14+. The minimum absolute atomic E-state index is 0.129. The van der Waals surface area contributed by atoms with Gasteiger partial charge in [0, 0.05) is 19.1 Å². The summed E-state index contributed by atoms with van der Waals surface area (Å²) < 4.78 is 1.39. The summed E-state index contributed by atoms with van der Waals surface area (Å²) in [5, 5.41) is 13.1. The summed E-state index contributed by atoms with van der Waals surface area (Å²) in [4.78, 5) is 31.6. The predicted molar refractivity (Wildman–Crippen MR) is 127 cm³/mol. The van der Waals surface area contributed by atoms with Gasteiger partial charge in [0.25, 0.3) is 11.2 Å². The third-order valence-corrected chi connectivity index (χ3v) is 5.16. The maximum Gasteiger partial charge on any atom is 0.287 e. The molecule has 0 bridgehead atoms. The van der Waals surface area contributed by atoms with Gasteiger partial charge in [-0.15, -0.1) is 0 Å². The summed E-state index contributed by atoms with van der Waals surface area (Å²) in [7, 11) is 3.66. The van der Waals surface area contributed by atoms with Crippen LogP contribution in [-0.2, 0) is 0 Å². The normalized spacial score (nSPS) is 11.2. The van der Waals surface area contributed by atoms with Crippen LogP contribution in [0.15, 0.2) is 77.7 Å². The highest BCUT2D eigenvalue weighted by Crippen LogP contribution is 2.34. The first-order valence-electron chi connectivity index (χ1n) is 9.77. The number of nitro groups is 1. The monoisotopic (exact) mass is 446 g/mol. The van der Waals surface area contributed by atoms with Crippen molar-refractivity contribution >= 4 is 34.3 Å². The average molecular weight is 447 g/mol. The Labute approximate surface area is 189 Å². The topological polar surface area (TPSA) is 81.3 Å². The van der Waals surface area contributed by atoms with Gasteiger partial charge in [-0.2, -0.15) is 0 Å². The quantitative estimate of drug-likeness (QED) is 0.313. The average Bonchev–Trinajstić information content (AvgIpc) is 2.78. The van der Waals surface area contributed by atoms with Crippen LogP contribution in [0.4, 0.5) is 5.69 Å². The molecule has 0 atom stereocenters. The van der Waals surface area contributed by atoms with Crippen LogP contribution >= 0.6 is 11.6 Å². The van der Waals surface area contributed by atoms with Crippen LogP contribution < -0.4 is 5.56 Å². The highest BCUT2D eigenvalue weighted by Gasteiger charge is 2.24. The van der Waals surface area contributed by atoms with Crippen molar-refractivity contribution in [2.45, 2.75) is 0 Å². The zero-order valence-corrected chi connectivity index (χ0v) is 18.2. The number of halogens is 1. The molecule has 0 unspecified atom stereocenters. The van der Waals surface area contributed by atoms with Gasteiger partial charge in [0.2, 0.25) is 0 Å². The lowest BCUT2D eigenvalue weighted by Crippen LogP contribution is -2.22. The van der Waals surface area contributed by atoms with Crippen LogP contribution in [0.3, 0.4) is 0 Å². The maximum absolute atomic E-state index is 13.5. The van der Waals surface area contributed by atoms with Crippen molar-refractivity contribution in [3.05, 3.63) is 104 Å². The van der Waals surface area contributed by atoms with Crippen molar-refractivity contribution in [3.63, 3.8) is 0 Å². The Hall–Kier alpha value is -3.97. The Morgan fingerprint density at radius 1 is 1.03 bits per heavy atom. The van der Waals surface area contributed by atoms with Gasteiger partial charge in [0.05, 0.1) is 32.6 Å². The molecule has 1 aromatic heterocycles. The molecule has 0 saturated carbocycles. The van der Waals surface area contributed by atoms with E-state index in [1.807, 2.05) is 14.1 Å². The van der Waals surface area contributed by atoms with Gasteiger partial charge in [-0.25, -0.2) is 4.98 Å². The van der Waals surface area contributed by atoms with Gasteiger partial charge < -0.3 is 4.90 Å². The minimum atomic E-state index is -0.446. The molecule has 0 amide bonds. The molecule has 0 fully saturated rings. The SMILES string of the molecule is CN(C)/C=C/c1cccc(-c2nc3ccccc3c(=O)n2-c2ccc(Cl)cc2)c1[N+](=O)[O-]. The van der Waals surface area contributed by atoms with Crippen molar-refractivity contribution in [1.82, 2.24) is 14.5 Å². The van der Waals surface area contributed by atoms with Gasteiger partial charge in [-0.05, 0) is 60.8 Å². The molecule has 7 nitrogen and oxygen atoms in total. The Kier molecular flexibility index (Phi) is 5.75. The molecule has 0 aliphatic rings. The molecule has 32 heavy (non-hydrogen) atoms. The summed E-state index contributed by atoms with van der Waals surface area (Å²) in [6, 6.07) is 18.6. The van der Waals surface area contributed by atoms with Gasteiger partial charge in [-0.1, -0.05) is 29.8 Å². The van der Waals surface area contributed by atoms with Crippen LogP contribution in [-0.4, -0.2) is 33.5 Å². The van der Waals surface area contributed by atoms with Crippen LogP contribution in [0, 0.1) is 10.1 Å². The number of nitro benzene ring substituents is 1. The number of benzene rings is 3. The van der Waals surface area contributed by atoms with E-state index in [4.69, 9.17) is 11.6 Å². The minimum Gasteiger partial charge on any atom is -0.383 e. The van der Waals surface area contributed by atoms with Crippen molar-refractivity contribution in [3.8, 4) is 17.1 Å². The zero-order chi connectivity index (χ0) is 22.8. The van der Waals surface area contributed by atoms with E-state index in [1.165, 1.54) is 4.57 Å². The number of fused-ring (bicyclic) bond motifs is 1. The molecule has 0 aliphatic heterocycles. The van der Waals surface area contributed by atoms with E-state index in [-0.39, 0.29) is 22.6 Å². The molecule has 3 aromatic carbocycles. The number of hydrogen-bond donors (Lipinski definition) is 0. The lowest BCUT2D eigenvalue weighted by Gasteiger charge is -2.15. The Morgan fingerprint density at radius 2 is 1.75 bits per heavy atom. The summed E-state index contributed by atoms with van der Waals surface area (Å²) >= 11 is 6.03. The number of rotatable bonds is 5. The molecule has 4 aromatic rings. The Morgan fingerprint density at radius 3 is 2.44 bits per heavy atom. The smallest absolute Gasteiger partial charge is 0.287 e. The molecule has 0 saturated heterocycles. The first kappa shape index (κ1) is 21.3. The molecule has 0 spiro atoms. The Bertz CT molecular complexity index is 1410. The van der Waals surface area contributed by atoms with Crippen molar-refractivity contribution < 1.29 is 4.92 Å². The van der Waals surface area contributed by atoms with Gasteiger partial charge in [0.15, 0.2) is 5.82 Å². The van der Waals surface area contributed by atoms with Crippen molar-refractivity contribution in [2.75, 3.05) is 14.1 Å². The van der Waals surface area contributed by atoms with Crippen molar-refractivity contribution in [2.24, 2.45) is 0 Å². The third kappa shape index (κ3) is 3.98. The van der Waals surface area contributed by atoms with Crippen LogP contribution in [0.5, 0.6) is 0 Å². The molecule has 0 radical (unpaired) electrons. The fourth-order valence-corrected chi connectivity index (χ4v) is 3.58. The van der Waals surface area contributed by atoms with Crippen LogP contribution in [0.2, 0.25) is 5.02 Å². The summed E-state index contributed by atoms with van der Waals surface area (Å²) in [5.41, 5.74) is 1.17. The number of nitrogens with zero attached hydrogens (tertiary/aromatic N) is 4. The summed E-state index contributed by atoms with van der Waals surface area (Å²) in [5.74, 6) is 0.183. The molecule has 160 valence electrons. The fraction of sp³-hybridized carbons (Fsp3) is 0.0833. The first-order chi connectivity index (χ1) is 15.4. The lowest BCUT2D eigenvalue weighted by molar-refractivity contribution is -0.384. The third-order valence-electron chi connectivity index (χ3n) is 4.90. The molecule has 0 N–H and O–H groups in total. The first-order valence-corrected chi connectivity index (χ1v) is 10.1. The molecule has 1 heterocycles. The van der Waals surface area contributed by atoms with E-state index < -0.39 is 4.92 Å². The second-order valence-corrected chi connectivity index (χ2v) is 7.79. The fourth-order valence-electron chi connectivity index (χ4n) is 3.45. The van der Waals surface area contributed by atoms with E-state index in [0.29, 0.717) is 27.2 Å². The molecule has 4 rings (SSSR count).